The molecule has 0 aliphatic heterocycles. The Balaban J connectivity index is 2.25. The van der Waals surface area contributed by atoms with Crippen molar-refractivity contribution in [2.45, 2.75) is 59.3 Å². The van der Waals surface area contributed by atoms with E-state index in [1.807, 2.05) is 0 Å². The van der Waals surface area contributed by atoms with E-state index in [0.717, 1.165) is 18.8 Å². The summed E-state index contributed by atoms with van der Waals surface area (Å²) in [5, 5.41) is 0. The van der Waals surface area contributed by atoms with Crippen LogP contribution < -0.4 is 4.74 Å². The van der Waals surface area contributed by atoms with Crippen LogP contribution in [0, 0.1) is 6.92 Å². The quantitative estimate of drug-likeness (QED) is 0.555. The third kappa shape index (κ3) is 6.42. The molecule has 1 rings (SSSR count). The van der Waals surface area contributed by atoms with Gasteiger partial charge in [0.2, 0.25) is 0 Å². The lowest BCUT2D eigenvalue weighted by atomic mass is 10.00. The summed E-state index contributed by atoms with van der Waals surface area (Å²) in [7, 11) is 0. The van der Waals surface area contributed by atoms with E-state index in [1.165, 1.54) is 30.4 Å². The molecule has 0 saturated heterocycles. The molecule has 0 radical (unpaired) electrons. The molecule has 0 amide bonds. The summed E-state index contributed by atoms with van der Waals surface area (Å²) >= 11 is 0. The summed E-state index contributed by atoms with van der Waals surface area (Å²) in [4.78, 5) is 0. The third-order valence-electron chi connectivity index (χ3n) is 3.41. The van der Waals surface area contributed by atoms with Gasteiger partial charge in [0, 0.05) is 6.61 Å². The molecule has 0 fully saturated rings. The van der Waals surface area contributed by atoms with Gasteiger partial charge in [0.25, 0.3) is 0 Å². The van der Waals surface area contributed by atoms with Gasteiger partial charge in [-0.05, 0) is 30.9 Å². The number of hydrogen-bond donors (Lipinski definition) is 0. The molecule has 1 aromatic rings. The molecular formula is C18H30O2. The first-order valence-electron chi connectivity index (χ1n) is 7.96. The van der Waals surface area contributed by atoms with E-state index in [-0.39, 0.29) is 0 Å². The highest BCUT2D eigenvalue weighted by Gasteiger charge is 2.07. The normalized spacial score (nSPS) is 11.1. The fourth-order valence-electron chi connectivity index (χ4n) is 2.19. The van der Waals surface area contributed by atoms with Gasteiger partial charge in [0.05, 0.1) is 6.61 Å². The van der Waals surface area contributed by atoms with Crippen molar-refractivity contribution < 1.29 is 9.47 Å². The topological polar surface area (TPSA) is 18.5 Å². The Morgan fingerprint density at radius 1 is 1.00 bits per heavy atom. The zero-order chi connectivity index (χ0) is 14.8. The van der Waals surface area contributed by atoms with E-state index in [4.69, 9.17) is 9.47 Å². The largest absolute Gasteiger partial charge is 0.491 e. The van der Waals surface area contributed by atoms with Crippen molar-refractivity contribution in [3.8, 4) is 5.75 Å². The summed E-state index contributed by atoms with van der Waals surface area (Å²) in [6, 6.07) is 6.39. The van der Waals surface area contributed by atoms with E-state index < -0.39 is 0 Å². The summed E-state index contributed by atoms with van der Waals surface area (Å²) < 4.78 is 11.5. The van der Waals surface area contributed by atoms with Gasteiger partial charge in [-0.1, -0.05) is 57.7 Å². The van der Waals surface area contributed by atoms with Gasteiger partial charge in [0.1, 0.15) is 12.4 Å². The van der Waals surface area contributed by atoms with Gasteiger partial charge in [-0.2, -0.15) is 0 Å². The molecule has 0 atom stereocenters. The highest BCUT2D eigenvalue weighted by atomic mass is 16.5. The first kappa shape index (κ1) is 17.0. The van der Waals surface area contributed by atoms with E-state index in [0.29, 0.717) is 19.1 Å². The van der Waals surface area contributed by atoms with E-state index in [2.05, 4.69) is 45.9 Å². The molecule has 0 saturated carbocycles. The molecule has 0 bridgehead atoms. The smallest absolute Gasteiger partial charge is 0.122 e. The summed E-state index contributed by atoms with van der Waals surface area (Å²) in [6.07, 6.45) is 5.01. The van der Waals surface area contributed by atoms with Crippen LogP contribution in [-0.4, -0.2) is 19.8 Å². The molecule has 0 unspecified atom stereocenters. The molecule has 0 aliphatic rings. The number of aryl methyl sites for hydroxylation is 1. The molecule has 20 heavy (non-hydrogen) atoms. The highest BCUT2D eigenvalue weighted by Crippen LogP contribution is 2.27. The van der Waals surface area contributed by atoms with E-state index >= 15 is 0 Å². The number of unbranched alkanes of at least 4 members (excludes halogenated alkanes) is 3. The highest BCUT2D eigenvalue weighted by molar-refractivity contribution is 5.38. The van der Waals surface area contributed by atoms with Crippen LogP contribution in [0.5, 0.6) is 5.75 Å². The van der Waals surface area contributed by atoms with Crippen molar-refractivity contribution in [2.24, 2.45) is 0 Å². The van der Waals surface area contributed by atoms with Crippen molar-refractivity contribution in [3.05, 3.63) is 29.3 Å². The maximum Gasteiger partial charge on any atom is 0.122 e. The molecule has 0 N–H and O–H groups in total. The van der Waals surface area contributed by atoms with E-state index in [9.17, 15) is 0 Å². The number of benzene rings is 1. The van der Waals surface area contributed by atoms with Crippen molar-refractivity contribution in [2.75, 3.05) is 19.8 Å². The van der Waals surface area contributed by atoms with Crippen LogP contribution in [0.4, 0.5) is 0 Å². The molecule has 0 spiro atoms. The summed E-state index contributed by atoms with van der Waals surface area (Å²) in [5.41, 5.74) is 2.57. The Bertz CT molecular complexity index is 372. The minimum absolute atomic E-state index is 0.486. The molecule has 0 heterocycles. The minimum Gasteiger partial charge on any atom is -0.491 e. The Hall–Kier alpha value is -1.02. The Labute approximate surface area is 124 Å². The van der Waals surface area contributed by atoms with Crippen LogP contribution in [0.25, 0.3) is 0 Å². The first-order valence-corrected chi connectivity index (χ1v) is 7.96. The second-order valence-electron chi connectivity index (χ2n) is 5.72. The predicted octanol–water partition coefficient (Wildman–Crippen LogP) is 5.09. The average molecular weight is 278 g/mol. The average Bonchev–Trinajstić information content (AvgIpc) is 2.43. The SMILES string of the molecule is CCCCCCOCCOc1ccc(C)cc1C(C)C. The Kier molecular flexibility index (Phi) is 8.36. The van der Waals surface area contributed by atoms with Gasteiger partial charge < -0.3 is 9.47 Å². The van der Waals surface area contributed by atoms with Crippen LogP contribution in [0.1, 0.15) is 63.5 Å². The molecule has 2 nitrogen and oxygen atoms in total. The maximum absolute atomic E-state index is 5.86. The fourth-order valence-corrected chi connectivity index (χ4v) is 2.19. The van der Waals surface area contributed by atoms with Gasteiger partial charge in [-0.25, -0.2) is 0 Å². The number of rotatable bonds is 10. The summed E-state index contributed by atoms with van der Waals surface area (Å²) in [5.74, 6) is 1.49. The summed E-state index contributed by atoms with van der Waals surface area (Å²) in [6.45, 7) is 10.9. The second-order valence-corrected chi connectivity index (χ2v) is 5.72. The van der Waals surface area contributed by atoms with Crippen LogP contribution in [-0.2, 0) is 4.74 Å². The molecular weight excluding hydrogens is 248 g/mol. The number of ether oxygens (including phenoxy) is 2. The zero-order valence-corrected chi connectivity index (χ0v) is 13.6. The van der Waals surface area contributed by atoms with Crippen LogP contribution in [0.15, 0.2) is 18.2 Å². The van der Waals surface area contributed by atoms with Gasteiger partial charge in [-0.3, -0.25) is 0 Å². The van der Waals surface area contributed by atoms with Crippen molar-refractivity contribution in [1.29, 1.82) is 0 Å². The third-order valence-corrected chi connectivity index (χ3v) is 3.41. The van der Waals surface area contributed by atoms with Crippen molar-refractivity contribution in [1.82, 2.24) is 0 Å². The molecule has 114 valence electrons. The van der Waals surface area contributed by atoms with E-state index in [1.54, 1.807) is 0 Å². The predicted molar refractivity (Wildman–Crippen MR) is 85.7 cm³/mol. The van der Waals surface area contributed by atoms with Crippen LogP contribution in [0.3, 0.4) is 0 Å². The lowest BCUT2D eigenvalue weighted by Crippen LogP contribution is -2.09. The van der Waals surface area contributed by atoms with Crippen molar-refractivity contribution >= 4 is 0 Å². The molecule has 0 aliphatic carbocycles. The van der Waals surface area contributed by atoms with Gasteiger partial charge >= 0.3 is 0 Å². The Morgan fingerprint density at radius 2 is 1.80 bits per heavy atom. The Morgan fingerprint density at radius 3 is 2.50 bits per heavy atom. The van der Waals surface area contributed by atoms with Crippen LogP contribution in [0.2, 0.25) is 0 Å². The molecule has 2 heteroatoms. The fraction of sp³-hybridized carbons (Fsp3) is 0.667. The lowest BCUT2D eigenvalue weighted by Gasteiger charge is -2.15. The zero-order valence-electron chi connectivity index (χ0n) is 13.6. The van der Waals surface area contributed by atoms with Crippen molar-refractivity contribution in [3.63, 3.8) is 0 Å². The van der Waals surface area contributed by atoms with Gasteiger partial charge in [0.15, 0.2) is 0 Å². The molecule has 1 aromatic carbocycles. The second kappa shape index (κ2) is 9.82. The lowest BCUT2D eigenvalue weighted by molar-refractivity contribution is 0.0967. The maximum atomic E-state index is 5.86. The molecule has 0 aromatic heterocycles. The van der Waals surface area contributed by atoms with Gasteiger partial charge in [-0.15, -0.1) is 0 Å². The first-order chi connectivity index (χ1) is 9.65. The monoisotopic (exact) mass is 278 g/mol. The standard InChI is InChI=1S/C18H30O2/c1-5-6-7-8-11-19-12-13-20-18-10-9-16(4)14-17(18)15(2)3/h9-10,14-15H,5-8,11-13H2,1-4H3. The minimum atomic E-state index is 0.486. The number of hydrogen-bond acceptors (Lipinski definition) is 2. The van der Waals surface area contributed by atoms with Crippen LogP contribution >= 0.6 is 0 Å².